The molecule has 0 bridgehead atoms. The van der Waals surface area contributed by atoms with Crippen LogP contribution in [-0.2, 0) is 16.6 Å². The lowest BCUT2D eigenvalue weighted by molar-refractivity contribution is -0.115. The van der Waals surface area contributed by atoms with Crippen molar-refractivity contribution < 1.29 is 14.4 Å². The molecule has 172 valence electrons. The Hall–Kier alpha value is -3.65. The van der Waals surface area contributed by atoms with Crippen molar-refractivity contribution >= 4 is 28.5 Å². The summed E-state index contributed by atoms with van der Waals surface area (Å²) >= 11 is 0. The zero-order chi connectivity index (χ0) is 23.6. The number of likely N-dealkylation sites (N-methyl/N-ethyl adjacent to an activating group) is 1. The molecule has 0 unspecified atom stereocenters. The normalized spacial score (nSPS) is 11.7. The maximum absolute atomic E-state index is 12.4. The van der Waals surface area contributed by atoms with Crippen molar-refractivity contribution in [2.75, 3.05) is 30.4 Å². The van der Waals surface area contributed by atoms with E-state index in [1.807, 2.05) is 79.8 Å². The van der Waals surface area contributed by atoms with Crippen LogP contribution in [0.3, 0.4) is 0 Å². The van der Waals surface area contributed by atoms with Gasteiger partial charge in [0.05, 0.1) is 29.8 Å². The number of carbonyl (C=O) groups is 1. The third-order valence-electron chi connectivity index (χ3n) is 5.53. The average molecular weight is 448 g/mol. The quantitative estimate of drug-likeness (QED) is 0.446. The van der Waals surface area contributed by atoms with E-state index in [1.165, 1.54) is 0 Å². The van der Waals surface area contributed by atoms with E-state index >= 15 is 0 Å². The Labute approximate surface area is 192 Å². The van der Waals surface area contributed by atoms with E-state index in [2.05, 4.69) is 15.5 Å². The first-order valence-electron chi connectivity index (χ1n) is 10.9. The van der Waals surface area contributed by atoms with Gasteiger partial charge in [-0.05, 0) is 35.9 Å². The molecular formula is C25H29N5O3. The molecule has 2 aromatic carbocycles. The van der Waals surface area contributed by atoms with Crippen LogP contribution in [0.15, 0.2) is 59.4 Å². The average Bonchev–Trinajstić information content (AvgIpc) is 3.41. The summed E-state index contributed by atoms with van der Waals surface area (Å²) in [4.78, 5) is 18.9. The first kappa shape index (κ1) is 22.5. The Bertz CT molecular complexity index is 1250. The fourth-order valence-corrected chi connectivity index (χ4v) is 3.55. The molecule has 4 rings (SSSR count). The number of nitrogens with one attached hydrogen (secondary N) is 1. The molecule has 0 aliphatic carbocycles. The Balaban J connectivity index is 1.44. The van der Waals surface area contributed by atoms with Gasteiger partial charge < -0.3 is 14.5 Å². The van der Waals surface area contributed by atoms with E-state index < -0.39 is 0 Å². The zero-order valence-electron chi connectivity index (χ0n) is 19.4. The Morgan fingerprint density at radius 2 is 1.91 bits per heavy atom. The van der Waals surface area contributed by atoms with E-state index in [-0.39, 0.29) is 24.3 Å². The summed E-state index contributed by atoms with van der Waals surface area (Å²) in [5, 5.41) is 15.9. The van der Waals surface area contributed by atoms with Crippen molar-refractivity contribution in [3.05, 3.63) is 66.1 Å². The van der Waals surface area contributed by atoms with Crippen LogP contribution in [0.4, 0.5) is 11.6 Å². The van der Waals surface area contributed by atoms with Crippen molar-refractivity contribution in [2.24, 2.45) is 0 Å². The molecule has 2 N–H and O–H groups in total. The molecule has 0 spiro atoms. The fourth-order valence-electron chi connectivity index (χ4n) is 3.55. The standard InChI is InChI=1S/C25H29N5O3/c1-25(2,3)22-15-24(33-28-22)27-23(32)13-17-5-7-18(8-6-17)30-16-26-20-14-19(9-10-21(20)30)29(4)11-12-31/h5-10,14-16,31H,11-13H2,1-4H3,(H,27,32). The molecule has 0 aliphatic heterocycles. The summed E-state index contributed by atoms with van der Waals surface area (Å²) in [5.74, 6) is 0.197. The lowest BCUT2D eigenvalue weighted by Crippen LogP contribution is -2.20. The van der Waals surface area contributed by atoms with Gasteiger partial charge in [-0.3, -0.25) is 14.7 Å². The van der Waals surface area contributed by atoms with E-state index in [0.717, 1.165) is 33.7 Å². The van der Waals surface area contributed by atoms with Gasteiger partial charge in [-0.1, -0.05) is 38.1 Å². The molecule has 0 radical (unpaired) electrons. The number of rotatable bonds is 7. The van der Waals surface area contributed by atoms with Crippen LogP contribution in [0.1, 0.15) is 32.0 Å². The molecule has 2 aromatic heterocycles. The minimum atomic E-state index is -0.160. The molecule has 0 saturated heterocycles. The summed E-state index contributed by atoms with van der Waals surface area (Å²) < 4.78 is 7.25. The van der Waals surface area contributed by atoms with E-state index in [4.69, 9.17) is 9.63 Å². The Morgan fingerprint density at radius 3 is 2.58 bits per heavy atom. The number of nitrogens with zero attached hydrogens (tertiary/aromatic N) is 4. The van der Waals surface area contributed by atoms with Gasteiger partial charge in [0.25, 0.3) is 0 Å². The largest absolute Gasteiger partial charge is 0.395 e. The topological polar surface area (TPSA) is 96.4 Å². The van der Waals surface area contributed by atoms with Crippen LogP contribution in [0.2, 0.25) is 0 Å². The number of hydrogen-bond donors (Lipinski definition) is 2. The highest BCUT2D eigenvalue weighted by molar-refractivity contribution is 5.91. The van der Waals surface area contributed by atoms with Gasteiger partial charge in [-0.25, -0.2) is 4.98 Å². The number of hydrogen-bond acceptors (Lipinski definition) is 6. The molecule has 0 fully saturated rings. The van der Waals surface area contributed by atoms with Crippen molar-refractivity contribution in [3.8, 4) is 5.69 Å². The molecule has 0 atom stereocenters. The van der Waals surface area contributed by atoms with Crippen molar-refractivity contribution in [3.63, 3.8) is 0 Å². The van der Waals surface area contributed by atoms with Crippen molar-refractivity contribution in [1.82, 2.24) is 14.7 Å². The summed E-state index contributed by atoms with van der Waals surface area (Å²) in [5.41, 5.74) is 5.37. The lowest BCUT2D eigenvalue weighted by atomic mass is 9.92. The third kappa shape index (κ3) is 5.06. The predicted molar refractivity (Wildman–Crippen MR) is 129 cm³/mol. The number of benzene rings is 2. The number of aromatic nitrogens is 3. The molecule has 0 saturated carbocycles. The number of imidazole rings is 1. The van der Waals surface area contributed by atoms with Crippen LogP contribution >= 0.6 is 0 Å². The number of carbonyl (C=O) groups excluding carboxylic acids is 1. The first-order chi connectivity index (χ1) is 15.7. The Morgan fingerprint density at radius 1 is 1.15 bits per heavy atom. The van der Waals surface area contributed by atoms with Crippen LogP contribution in [0.5, 0.6) is 0 Å². The van der Waals surface area contributed by atoms with Crippen LogP contribution in [0, 0.1) is 0 Å². The maximum atomic E-state index is 12.4. The van der Waals surface area contributed by atoms with Crippen molar-refractivity contribution in [2.45, 2.75) is 32.6 Å². The molecule has 8 heteroatoms. The summed E-state index contributed by atoms with van der Waals surface area (Å²) in [6.45, 7) is 6.78. The SMILES string of the molecule is CN(CCO)c1ccc2c(c1)ncn2-c1ccc(CC(=O)Nc2cc(C(C)(C)C)no2)cc1. The van der Waals surface area contributed by atoms with Gasteiger partial charge in [-0.15, -0.1) is 0 Å². The number of amides is 1. The van der Waals surface area contributed by atoms with Crippen LogP contribution < -0.4 is 10.2 Å². The molecule has 1 amide bonds. The van der Waals surface area contributed by atoms with Crippen LogP contribution in [0.25, 0.3) is 16.7 Å². The van der Waals surface area contributed by atoms with Gasteiger partial charge in [0.1, 0.15) is 6.33 Å². The van der Waals surface area contributed by atoms with Gasteiger partial charge >= 0.3 is 0 Å². The predicted octanol–water partition coefficient (Wildman–Crippen LogP) is 3.92. The van der Waals surface area contributed by atoms with E-state index in [0.29, 0.717) is 12.4 Å². The number of fused-ring (bicyclic) bond motifs is 1. The van der Waals surface area contributed by atoms with Gasteiger partial charge in [0.2, 0.25) is 11.8 Å². The van der Waals surface area contributed by atoms with Gasteiger partial charge in [0, 0.05) is 36.4 Å². The monoisotopic (exact) mass is 447 g/mol. The summed E-state index contributed by atoms with van der Waals surface area (Å²) in [6.07, 6.45) is 2.02. The molecule has 0 aliphatic rings. The maximum Gasteiger partial charge on any atom is 0.231 e. The summed E-state index contributed by atoms with van der Waals surface area (Å²) in [7, 11) is 1.94. The highest BCUT2D eigenvalue weighted by Gasteiger charge is 2.19. The van der Waals surface area contributed by atoms with Gasteiger partial charge in [0.15, 0.2) is 0 Å². The minimum Gasteiger partial charge on any atom is -0.395 e. The van der Waals surface area contributed by atoms with Gasteiger partial charge in [-0.2, -0.15) is 0 Å². The Kier molecular flexibility index (Phi) is 6.20. The molecule has 2 heterocycles. The highest BCUT2D eigenvalue weighted by atomic mass is 16.5. The molecule has 33 heavy (non-hydrogen) atoms. The zero-order valence-corrected chi connectivity index (χ0v) is 19.4. The van der Waals surface area contributed by atoms with Crippen molar-refractivity contribution in [1.29, 1.82) is 0 Å². The second kappa shape index (κ2) is 9.07. The second-order valence-corrected chi connectivity index (χ2v) is 9.15. The molecule has 8 nitrogen and oxygen atoms in total. The second-order valence-electron chi connectivity index (χ2n) is 9.15. The van der Waals surface area contributed by atoms with E-state index in [1.54, 1.807) is 12.4 Å². The number of aliphatic hydroxyl groups is 1. The molecule has 4 aromatic rings. The highest BCUT2D eigenvalue weighted by Crippen LogP contribution is 2.25. The smallest absolute Gasteiger partial charge is 0.231 e. The third-order valence-corrected chi connectivity index (χ3v) is 5.53. The first-order valence-corrected chi connectivity index (χ1v) is 10.9. The minimum absolute atomic E-state index is 0.101. The fraction of sp³-hybridized carbons (Fsp3) is 0.320. The lowest BCUT2D eigenvalue weighted by Gasteiger charge is -2.17. The van der Waals surface area contributed by atoms with E-state index in [9.17, 15) is 4.79 Å². The number of aliphatic hydroxyl groups excluding tert-OH is 1. The molecular weight excluding hydrogens is 418 g/mol. The summed E-state index contributed by atoms with van der Waals surface area (Å²) in [6, 6.07) is 15.6. The van der Waals surface area contributed by atoms with Crippen LogP contribution in [-0.4, -0.2) is 45.9 Å². The number of anilines is 2.